The number of aliphatic hydroxyl groups excluding tert-OH is 1. The summed E-state index contributed by atoms with van der Waals surface area (Å²) in [6.45, 7) is 3.72. The Hall–Kier alpha value is -2.22. The highest BCUT2D eigenvalue weighted by Crippen LogP contribution is 2.43. The van der Waals surface area contributed by atoms with E-state index in [1.807, 2.05) is 0 Å². The minimum Gasteiger partial charge on any atom is -0.394 e. The van der Waals surface area contributed by atoms with Gasteiger partial charge in [0.25, 0.3) is 0 Å². The minimum atomic E-state index is -0.205. The zero-order valence-corrected chi connectivity index (χ0v) is 18.6. The molecule has 3 heterocycles. The van der Waals surface area contributed by atoms with Crippen LogP contribution in [0.4, 0.5) is 0 Å². The molecule has 4 aliphatic rings. The van der Waals surface area contributed by atoms with Crippen molar-refractivity contribution in [2.75, 3.05) is 52.5 Å². The van der Waals surface area contributed by atoms with Crippen molar-refractivity contribution in [2.45, 2.75) is 43.7 Å². The SMILES string of the molecule is O=C(CN1CCOCC1)N1CC(=O)N2[C@H](C1)[C@H](c1ccc(C3=CCCCC3)cc1)[C@@H]2CO. The van der Waals surface area contributed by atoms with Crippen LogP contribution in [0.2, 0.25) is 0 Å². The first-order valence-electron chi connectivity index (χ1n) is 11.9. The highest BCUT2D eigenvalue weighted by atomic mass is 16.5. The second kappa shape index (κ2) is 9.33. The molecule has 1 N–H and O–H groups in total. The molecule has 1 aromatic rings. The van der Waals surface area contributed by atoms with Gasteiger partial charge < -0.3 is 19.6 Å². The predicted octanol–water partition coefficient (Wildman–Crippen LogP) is 1.47. The summed E-state index contributed by atoms with van der Waals surface area (Å²) in [4.78, 5) is 31.4. The average Bonchev–Trinajstić information content (AvgIpc) is 2.82. The topological polar surface area (TPSA) is 73.3 Å². The fourth-order valence-electron chi connectivity index (χ4n) is 5.76. The normalized spacial score (nSPS) is 28.7. The maximum absolute atomic E-state index is 12.9. The number of aliphatic hydroxyl groups is 1. The summed E-state index contributed by atoms with van der Waals surface area (Å²) in [5.74, 6) is -0.00105. The van der Waals surface area contributed by atoms with Gasteiger partial charge >= 0.3 is 0 Å². The lowest BCUT2D eigenvalue weighted by molar-refractivity contribution is -0.167. The van der Waals surface area contributed by atoms with Crippen LogP contribution in [-0.2, 0) is 14.3 Å². The summed E-state index contributed by atoms with van der Waals surface area (Å²) in [5, 5.41) is 10.0. The van der Waals surface area contributed by atoms with Gasteiger partial charge in [-0.25, -0.2) is 0 Å². The van der Waals surface area contributed by atoms with Crippen LogP contribution in [0.3, 0.4) is 0 Å². The zero-order chi connectivity index (χ0) is 22.1. The Kier molecular flexibility index (Phi) is 6.31. The van der Waals surface area contributed by atoms with E-state index in [9.17, 15) is 14.7 Å². The Bertz CT molecular complexity index is 878. The second-order valence-electron chi connectivity index (χ2n) is 9.40. The number of ether oxygens (including phenoxy) is 1. The molecule has 3 saturated heterocycles. The lowest BCUT2D eigenvalue weighted by Gasteiger charge is -2.58. The smallest absolute Gasteiger partial charge is 0.242 e. The van der Waals surface area contributed by atoms with Crippen molar-refractivity contribution in [3.05, 3.63) is 41.5 Å². The van der Waals surface area contributed by atoms with Crippen molar-refractivity contribution in [3.63, 3.8) is 0 Å². The van der Waals surface area contributed by atoms with Crippen molar-refractivity contribution < 1.29 is 19.4 Å². The number of allylic oxidation sites excluding steroid dienone is 2. The van der Waals surface area contributed by atoms with Crippen LogP contribution >= 0.6 is 0 Å². The Balaban J connectivity index is 1.29. The number of piperazine rings is 1. The van der Waals surface area contributed by atoms with Crippen molar-refractivity contribution in [1.82, 2.24) is 14.7 Å². The molecule has 0 bridgehead atoms. The third-order valence-electron chi connectivity index (χ3n) is 7.52. The second-order valence-corrected chi connectivity index (χ2v) is 9.40. The van der Waals surface area contributed by atoms with Gasteiger partial charge in [-0.05, 0) is 42.4 Å². The van der Waals surface area contributed by atoms with E-state index in [1.165, 1.54) is 24.0 Å². The molecule has 0 spiro atoms. The molecule has 7 nitrogen and oxygen atoms in total. The van der Waals surface area contributed by atoms with Crippen molar-refractivity contribution in [1.29, 1.82) is 0 Å². The van der Waals surface area contributed by atoms with Crippen LogP contribution in [-0.4, -0.2) is 96.2 Å². The van der Waals surface area contributed by atoms with E-state index in [0.717, 1.165) is 31.5 Å². The minimum absolute atomic E-state index is 0.00526. The molecule has 0 radical (unpaired) electrons. The number of benzene rings is 1. The molecule has 3 aliphatic heterocycles. The van der Waals surface area contributed by atoms with E-state index in [2.05, 4.69) is 35.2 Å². The predicted molar refractivity (Wildman–Crippen MR) is 121 cm³/mol. The highest BCUT2D eigenvalue weighted by molar-refractivity contribution is 5.88. The lowest BCUT2D eigenvalue weighted by atomic mass is 9.73. The maximum atomic E-state index is 12.9. The fourth-order valence-corrected chi connectivity index (χ4v) is 5.76. The van der Waals surface area contributed by atoms with E-state index in [-0.39, 0.29) is 43.0 Å². The summed E-state index contributed by atoms with van der Waals surface area (Å²) in [6, 6.07) is 8.37. The first kappa shape index (κ1) is 21.6. The van der Waals surface area contributed by atoms with E-state index in [0.29, 0.717) is 26.3 Å². The highest BCUT2D eigenvalue weighted by Gasteiger charge is 2.54. The van der Waals surface area contributed by atoms with E-state index >= 15 is 0 Å². The number of hydrogen-bond donors (Lipinski definition) is 1. The molecular weight excluding hydrogens is 406 g/mol. The van der Waals surface area contributed by atoms with Crippen molar-refractivity contribution in [3.8, 4) is 0 Å². The third-order valence-corrected chi connectivity index (χ3v) is 7.52. The number of nitrogens with zero attached hydrogens (tertiary/aromatic N) is 3. The largest absolute Gasteiger partial charge is 0.394 e. The number of carbonyl (C=O) groups is 2. The molecule has 7 heteroatoms. The van der Waals surface area contributed by atoms with Gasteiger partial charge in [0, 0.05) is 25.6 Å². The number of carbonyl (C=O) groups excluding carboxylic acids is 2. The number of amides is 2. The molecule has 0 unspecified atom stereocenters. The molecule has 32 heavy (non-hydrogen) atoms. The van der Waals surface area contributed by atoms with Crippen LogP contribution in [0.1, 0.15) is 42.7 Å². The van der Waals surface area contributed by atoms with Crippen molar-refractivity contribution >= 4 is 17.4 Å². The summed E-state index contributed by atoms with van der Waals surface area (Å²) >= 11 is 0. The Labute approximate surface area is 189 Å². The summed E-state index contributed by atoms with van der Waals surface area (Å²) in [7, 11) is 0. The Morgan fingerprint density at radius 2 is 1.91 bits per heavy atom. The van der Waals surface area contributed by atoms with Gasteiger partial charge in [-0.1, -0.05) is 30.3 Å². The number of fused-ring (bicyclic) bond motifs is 1. The van der Waals surface area contributed by atoms with Crippen LogP contribution in [0, 0.1) is 0 Å². The molecule has 5 rings (SSSR count). The zero-order valence-electron chi connectivity index (χ0n) is 18.6. The van der Waals surface area contributed by atoms with Gasteiger partial charge in [0.05, 0.1) is 45.0 Å². The number of hydrogen-bond acceptors (Lipinski definition) is 5. The van der Waals surface area contributed by atoms with Gasteiger partial charge in [0.2, 0.25) is 11.8 Å². The Morgan fingerprint density at radius 1 is 1.12 bits per heavy atom. The van der Waals surface area contributed by atoms with Gasteiger partial charge in [-0.3, -0.25) is 14.5 Å². The molecule has 172 valence electrons. The fraction of sp³-hybridized carbons (Fsp3) is 0.600. The molecule has 0 aromatic heterocycles. The van der Waals surface area contributed by atoms with Crippen LogP contribution in [0.15, 0.2) is 30.3 Å². The van der Waals surface area contributed by atoms with Gasteiger partial charge in [-0.2, -0.15) is 0 Å². The molecule has 2 amide bonds. The molecular formula is C25H33N3O4. The first-order valence-corrected chi connectivity index (χ1v) is 11.9. The lowest BCUT2D eigenvalue weighted by Crippen LogP contribution is -2.73. The van der Waals surface area contributed by atoms with Crippen LogP contribution in [0.5, 0.6) is 0 Å². The molecule has 0 saturated carbocycles. The summed E-state index contributed by atoms with van der Waals surface area (Å²) < 4.78 is 5.36. The monoisotopic (exact) mass is 439 g/mol. The summed E-state index contributed by atoms with van der Waals surface area (Å²) in [5.41, 5.74) is 3.83. The van der Waals surface area contributed by atoms with E-state index in [4.69, 9.17) is 4.74 Å². The first-order chi connectivity index (χ1) is 15.7. The molecule has 1 aliphatic carbocycles. The third kappa shape index (κ3) is 4.09. The van der Waals surface area contributed by atoms with E-state index < -0.39 is 0 Å². The molecule has 1 aromatic carbocycles. The Morgan fingerprint density at radius 3 is 2.59 bits per heavy atom. The maximum Gasteiger partial charge on any atom is 0.242 e. The molecule has 3 fully saturated rings. The van der Waals surface area contributed by atoms with Crippen LogP contribution in [0.25, 0.3) is 5.57 Å². The standard InChI is InChI=1S/C25H33N3O4/c29-17-22-25(20-8-6-19(7-9-20)18-4-2-1-3-5-18)21-14-27(16-24(31)28(21)22)23(30)15-26-10-12-32-13-11-26/h4,6-9,21-22,25,29H,1-3,5,10-17H2/t21-,22+,25+/m1/s1. The van der Waals surface area contributed by atoms with Gasteiger partial charge in [0.1, 0.15) is 0 Å². The number of morpholine rings is 1. The molecule has 3 atom stereocenters. The summed E-state index contributed by atoms with van der Waals surface area (Å²) in [6.07, 6.45) is 7.15. The van der Waals surface area contributed by atoms with Gasteiger partial charge in [0.15, 0.2) is 0 Å². The van der Waals surface area contributed by atoms with Crippen molar-refractivity contribution in [2.24, 2.45) is 0 Å². The average molecular weight is 440 g/mol. The van der Waals surface area contributed by atoms with Gasteiger partial charge in [-0.15, -0.1) is 0 Å². The quantitative estimate of drug-likeness (QED) is 0.752. The van der Waals surface area contributed by atoms with Crippen LogP contribution < -0.4 is 0 Å². The van der Waals surface area contributed by atoms with E-state index in [1.54, 1.807) is 9.80 Å². The number of rotatable bonds is 5.